The molecule has 12 aromatic carbocycles. The molecule has 0 N–H and O–H groups in total. The summed E-state index contributed by atoms with van der Waals surface area (Å²) < 4.78 is 0. The van der Waals surface area contributed by atoms with Gasteiger partial charge in [-0.25, -0.2) is 29.9 Å². The van der Waals surface area contributed by atoms with E-state index >= 15 is 0 Å². The molecule has 0 amide bonds. The Bertz CT molecular complexity index is 4840. The lowest BCUT2D eigenvalue weighted by Gasteiger charge is -2.17. The number of hydrogen-bond acceptors (Lipinski definition) is 8. The lowest BCUT2D eigenvalue weighted by Crippen LogP contribution is -2.00. The van der Waals surface area contributed by atoms with Gasteiger partial charge in [0.15, 0.2) is 34.9 Å². The van der Waals surface area contributed by atoms with Crippen LogP contribution >= 0.6 is 0 Å². The summed E-state index contributed by atoms with van der Waals surface area (Å²) in [6.45, 7) is 0. The summed E-state index contributed by atoms with van der Waals surface area (Å²) in [5.74, 6) is 3.41. The van der Waals surface area contributed by atoms with Gasteiger partial charge in [0.25, 0.3) is 0 Å². The van der Waals surface area contributed by atoms with Gasteiger partial charge in [0, 0.05) is 38.9 Å². The second-order valence-corrected chi connectivity index (χ2v) is 20.4. The minimum atomic E-state index is 0.542. The number of rotatable bonds is 11. The number of nitriles is 2. The zero-order chi connectivity index (χ0) is 56.3. The van der Waals surface area contributed by atoms with Crippen LogP contribution in [-0.2, 0) is 0 Å². The van der Waals surface area contributed by atoms with Gasteiger partial charge in [0.05, 0.1) is 23.3 Å². The van der Waals surface area contributed by atoms with E-state index in [2.05, 4.69) is 152 Å². The van der Waals surface area contributed by atoms with E-state index in [0.717, 1.165) is 111 Å². The Hall–Kier alpha value is -11.8. The normalized spacial score (nSPS) is 11.1. The van der Waals surface area contributed by atoms with Crippen LogP contribution in [0.25, 0.3) is 146 Å². The SMILES string of the molecule is N#Cc1cccc(-c2ccc3c(-c4cccc(-c5nc(-c6ccccc6)nc(-c6ccc(-c7c(-c8ccccc8C#N)ccc8ccccc78)cc6)n5)c4)cccc3c2-c2ccc(-c3nc(-c4ccccc4)nc(-c4ccccc4)n3)cc2)c1. The van der Waals surface area contributed by atoms with Gasteiger partial charge in [-0.05, 0) is 95.9 Å². The summed E-state index contributed by atoms with van der Waals surface area (Å²) in [6, 6.07) is 98.9. The summed E-state index contributed by atoms with van der Waals surface area (Å²) in [7, 11) is 0. The molecule has 84 heavy (non-hydrogen) atoms. The van der Waals surface area contributed by atoms with Crippen LogP contribution in [0.2, 0.25) is 0 Å². The molecule has 0 saturated carbocycles. The molecule has 0 aliphatic heterocycles. The third kappa shape index (κ3) is 9.68. The second kappa shape index (κ2) is 22.0. The zero-order valence-corrected chi connectivity index (χ0v) is 45.1. The summed E-state index contributed by atoms with van der Waals surface area (Å²) in [4.78, 5) is 30.4. The van der Waals surface area contributed by atoms with E-state index in [1.165, 1.54) is 0 Å². The van der Waals surface area contributed by atoms with Crippen LogP contribution in [0, 0.1) is 22.7 Å². The molecule has 14 aromatic rings. The molecule has 0 saturated heterocycles. The minimum Gasteiger partial charge on any atom is -0.208 e. The monoisotopic (exact) mass is 1070 g/mol. The van der Waals surface area contributed by atoms with E-state index in [1.807, 2.05) is 140 Å². The molecule has 2 heterocycles. The van der Waals surface area contributed by atoms with Crippen LogP contribution in [-0.4, -0.2) is 29.9 Å². The van der Waals surface area contributed by atoms with Crippen molar-refractivity contribution in [2.24, 2.45) is 0 Å². The molecule has 390 valence electrons. The Kier molecular flexibility index (Phi) is 13.2. The highest BCUT2D eigenvalue weighted by molar-refractivity contribution is 6.10. The molecular weight excluding hydrogens is 1020 g/mol. The van der Waals surface area contributed by atoms with Gasteiger partial charge < -0.3 is 0 Å². The van der Waals surface area contributed by atoms with E-state index in [-0.39, 0.29) is 0 Å². The topological polar surface area (TPSA) is 125 Å². The van der Waals surface area contributed by atoms with Gasteiger partial charge in [-0.2, -0.15) is 10.5 Å². The predicted molar refractivity (Wildman–Crippen MR) is 337 cm³/mol. The average Bonchev–Trinajstić information content (AvgIpc) is 3.14. The van der Waals surface area contributed by atoms with Crippen molar-refractivity contribution in [1.82, 2.24) is 29.9 Å². The smallest absolute Gasteiger partial charge is 0.164 e. The zero-order valence-electron chi connectivity index (χ0n) is 45.1. The first-order valence-electron chi connectivity index (χ1n) is 27.6. The molecule has 2 aromatic heterocycles. The lowest BCUT2D eigenvalue weighted by molar-refractivity contribution is 1.07. The largest absolute Gasteiger partial charge is 0.208 e. The van der Waals surface area contributed by atoms with E-state index in [1.54, 1.807) is 0 Å². The third-order valence-corrected chi connectivity index (χ3v) is 15.3. The van der Waals surface area contributed by atoms with Crippen molar-refractivity contribution in [3.05, 3.63) is 290 Å². The maximum absolute atomic E-state index is 10.2. The van der Waals surface area contributed by atoms with Crippen LogP contribution in [0.5, 0.6) is 0 Å². The van der Waals surface area contributed by atoms with E-state index in [4.69, 9.17) is 29.9 Å². The number of benzene rings is 12. The van der Waals surface area contributed by atoms with E-state index in [9.17, 15) is 10.5 Å². The van der Waals surface area contributed by atoms with Crippen LogP contribution in [0.4, 0.5) is 0 Å². The fourth-order valence-electron chi connectivity index (χ4n) is 11.2. The van der Waals surface area contributed by atoms with Crippen LogP contribution in [0.1, 0.15) is 11.1 Å². The molecule has 0 aliphatic carbocycles. The molecule has 0 fully saturated rings. The molecule has 8 nitrogen and oxygen atoms in total. The summed E-state index contributed by atoms with van der Waals surface area (Å²) in [5, 5.41) is 24.5. The first kappa shape index (κ1) is 50.4. The highest BCUT2D eigenvalue weighted by atomic mass is 15.0. The quantitative estimate of drug-likeness (QED) is 0.125. The maximum atomic E-state index is 10.2. The average molecular weight is 1070 g/mol. The molecule has 0 aliphatic rings. The predicted octanol–water partition coefficient (Wildman–Crippen LogP) is 18.4. The van der Waals surface area contributed by atoms with Crippen LogP contribution in [0.15, 0.2) is 279 Å². The van der Waals surface area contributed by atoms with Gasteiger partial charge in [-0.3, -0.25) is 0 Å². The van der Waals surface area contributed by atoms with Gasteiger partial charge in [0.2, 0.25) is 0 Å². The lowest BCUT2D eigenvalue weighted by atomic mass is 9.86. The summed E-state index contributed by atoms with van der Waals surface area (Å²) in [6.07, 6.45) is 0. The van der Waals surface area contributed by atoms with Crippen molar-refractivity contribution in [2.45, 2.75) is 0 Å². The van der Waals surface area contributed by atoms with Crippen molar-refractivity contribution in [1.29, 1.82) is 10.5 Å². The Labute approximate surface area is 485 Å². The van der Waals surface area contributed by atoms with Crippen molar-refractivity contribution < 1.29 is 0 Å². The van der Waals surface area contributed by atoms with Crippen molar-refractivity contribution in [3.63, 3.8) is 0 Å². The molecule has 0 atom stereocenters. The van der Waals surface area contributed by atoms with Gasteiger partial charge in [-0.1, -0.05) is 255 Å². The summed E-state index contributed by atoms with van der Waals surface area (Å²) in [5.41, 5.74) is 16.3. The van der Waals surface area contributed by atoms with Gasteiger partial charge >= 0.3 is 0 Å². The number of aromatic nitrogens is 6. The third-order valence-electron chi connectivity index (χ3n) is 15.3. The molecular formula is C76H46N8. The fourth-order valence-corrected chi connectivity index (χ4v) is 11.2. The van der Waals surface area contributed by atoms with Gasteiger partial charge in [-0.15, -0.1) is 0 Å². The number of hydrogen-bond donors (Lipinski definition) is 0. The highest BCUT2D eigenvalue weighted by Gasteiger charge is 2.20. The fraction of sp³-hybridized carbons (Fsp3) is 0. The first-order chi connectivity index (χ1) is 41.5. The van der Waals surface area contributed by atoms with Crippen LogP contribution in [0.3, 0.4) is 0 Å². The minimum absolute atomic E-state index is 0.542. The molecule has 0 spiro atoms. The highest BCUT2D eigenvalue weighted by Crippen LogP contribution is 2.44. The Morgan fingerprint density at radius 3 is 1.20 bits per heavy atom. The Morgan fingerprint density at radius 2 is 0.631 bits per heavy atom. The molecule has 14 rings (SSSR count). The standard InChI is InChI=1S/C76H46N8/c77-47-49-17-14-26-58(45-49)65-43-44-66-62(31-16-32-67(66)70(65)52-35-39-56(40-36-52)74-80-71(53-19-4-1-5-20-53)79-72(81-74)54-21-6-2-7-22-54)59-27-15-28-60(46-59)76-83-73(55-23-8-3-9-24-55)82-75(84-76)57-37-33-51(34-38-57)69-64-30-13-10-18-50(64)41-42-68(69)63-29-12-11-25-61(63)48-78/h1-46H. The molecule has 0 bridgehead atoms. The molecule has 0 radical (unpaired) electrons. The van der Waals surface area contributed by atoms with Crippen LogP contribution < -0.4 is 0 Å². The van der Waals surface area contributed by atoms with Crippen molar-refractivity contribution >= 4 is 21.5 Å². The Balaban J connectivity index is 0.865. The van der Waals surface area contributed by atoms with Crippen molar-refractivity contribution in [3.8, 4) is 136 Å². The van der Waals surface area contributed by atoms with Crippen molar-refractivity contribution in [2.75, 3.05) is 0 Å². The first-order valence-corrected chi connectivity index (χ1v) is 27.6. The second-order valence-electron chi connectivity index (χ2n) is 20.4. The Morgan fingerprint density at radius 1 is 0.226 bits per heavy atom. The maximum Gasteiger partial charge on any atom is 0.164 e. The van der Waals surface area contributed by atoms with E-state index in [0.29, 0.717) is 46.1 Å². The number of nitrogens with zero attached hydrogens (tertiary/aromatic N) is 8. The molecule has 0 unspecified atom stereocenters. The number of fused-ring (bicyclic) bond motifs is 2. The molecule has 8 heteroatoms. The summed E-state index contributed by atoms with van der Waals surface area (Å²) >= 11 is 0. The van der Waals surface area contributed by atoms with E-state index < -0.39 is 0 Å². The van der Waals surface area contributed by atoms with Gasteiger partial charge in [0.1, 0.15) is 0 Å².